The standard InChI is InChI=1S/C17H26F2N2O2.ClH/c1-12(2)10-17(3,11-20)21-15(22)9-6-13-4-7-14(8-5-13)23-16(18)19;/h4-5,7-8,12,16H,6,9-11,20H2,1-3H3,(H,21,22);1H. The molecule has 1 rings (SSSR count). The van der Waals surface area contributed by atoms with Gasteiger partial charge in [0.1, 0.15) is 5.75 Å². The molecule has 0 heterocycles. The molecule has 0 spiro atoms. The number of nitrogens with two attached hydrogens (primary N) is 1. The van der Waals surface area contributed by atoms with Crippen LogP contribution in [0.3, 0.4) is 0 Å². The normalized spacial score (nSPS) is 13.3. The second kappa shape index (κ2) is 10.5. The molecule has 0 saturated heterocycles. The summed E-state index contributed by atoms with van der Waals surface area (Å²) in [4.78, 5) is 12.1. The number of aryl methyl sites for hydroxylation is 1. The number of alkyl halides is 2. The van der Waals surface area contributed by atoms with E-state index in [-0.39, 0.29) is 24.1 Å². The smallest absolute Gasteiger partial charge is 0.387 e. The fourth-order valence-electron chi connectivity index (χ4n) is 2.58. The molecule has 1 aromatic carbocycles. The average molecular weight is 365 g/mol. The highest BCUT2D eigenvalue weighted by Crippen LogP contribution is 2.17. The van der Waals surface area contributed by atoms with Crippen molar-refractivity contribution in [2.24, 2.45) is 11.7 Å². The summed E-state index contributed by atoms with van der Waals surface area (Å²) in [7, 11) is 0. The number of carbonyl (C=O) groups is 1. The van der Waals surface area contributed by atoms with Gasteiger partial charge in [0.25, 0.3) is 0 Å². The molecule has 1 aromatic rings. The van der Waals surface area contributed by atoms with Gasteiger partial charge < -0.3 is 15.8 Å². The van der Waals surface area contributed by atoms with E-state index in [0.29, 0.717) is 25.3 Å². The Labute approximate surface area is 148 Å². The largest absolute Gasteiger partial charge is 0.435 e. The van der Waals surface area contributed by atoms with Crippen LogP contribution in [0.2, 0.25) is 0 Å². The first kappa shape index (κ1) is 22.6. The quantitative estimate of drug-likeness (QED) is 0.704. The van der Waals surface area contributed by atoms with Crippen molar-refractivity contribution in [2.45, 2.75) is 52.2 Å². The number of halogens is 3. The summed E-state index contributed by atoms with van der Waals surface area (Å²) in [6.45, 7) is 3.67. The highest BCUT2D eigenvalue weighted by Gasteiger charge is 2.25. The summed E-state index contributed by atoms with van der Waals surface area (Å²) in [5.41, 5.74) is 6.26. The number of benzene rings is 1. The number of nitrogens with one attached hydrogen (secondary N) is 1. The monoisotopic (exact) mass is 364 g/mol. The minimum absolute atomic E-state index is 0. The van der Waals surface area contributed by atoms with Gasteiger partial charge in [0.2, 0.25) is 5.91 Å². The Balaban J connectivity index is 0.00000529. The van der Waals surface area contributed by atoms with Crippen molar-refractivity contribution in [3.8, 4) is 5.75 Å². The van der Waals surface area contributed by atoms with Gasteiger partial charge in [0.15, 0.2) is 0 Å². The maximum absolute atomic E-state index is 12.1. The van der Waals surface area contributed by atoms with Gasteiger partial charge in [-0.25, -0.2) is 0 Å². The molecule has 0 fully saturated rings. The predicted octanol–water partition coefficient (Wildman–Crippen LogP) is 3.52. The van der Waals surface area contributed by atoms with Crippen LogP contribution in [0.15, 0.2) is 24.3 Å². The fraction of sp³-hybridized carbons (Fsp3) is 0.588. The van der Waals surface area contributed by atoms with Crippen LogP contribution >= 0.6 is 12.4 Å². The molecule has 24 heavy (non-hydrogen) atoms. The van der Waals surface area contributed by atoms with E-state index in [2.05, 4.69) is 23.9 Å². The molecule has 0 aliphatic carbocycles. The number of ether oxygens (including phenoxy) is 1. The Morgan fingerprint density at radius 1 is 1.29 bits per heavy atom. The lowest BCUT2D eigenvalue weighted by atomic mass is 9.90. The molecule has 3 N–H and O–H groups in total. The van der Waals surface area contributed by atoms with E-state index in [4.69, 9.17) is 5.73 Å². The molecule has 0 aliphatic rings. The summed E-state index contributed by atoms with van der Waals surface area (Å²) in [6.07, 6.45) is 1.67. The molecule has 0 bridgehead atoms. The van der Waals surface area contributed by atoms with Crippen molar-refractivity contribution in [2.75, 3.05) is 6.54 Å². The highest BCUT2D eigenvalue weighted by atomic mass is 35.5. The molecule has 0 aromatic heterocycles. The number of carbonyl (C=O) groups excluding carboxylic acids is 1. The van der Waals surface area contributed by atoms with Crippen molar-refractivity contribution in [3.05, 3.63) is 29.8 Å². The lowest BCUT2D eigenvalue weighted by molar-refractivity contribution is -0.122. The highest BCUT2D eigenvalue weighted by molar-refractivity contribution is 5.85. The molecule has 4 nitrogen and oxygen atoms in total. The van der Waals surface area contributed by atoms with Gasteiger partial charge in [0, 0.05) is 18.5 Å². The maximum atomic E-state index is 12.1. The summed E-state index contributed by atoms with van der Waals surface area (Å²) in [5.74, 6) is 0.485. The summed E-state index contributed by atoms with van der Waals surface area (Å²) >= 11 is 0. The summed E-state index contributed by atoms with van der Waals surface area (Å²) in [5, 5.41) is 2.99. The van der Waals surface area contributed by atoms with Gasteiger partial charge in [-0.05, 0) is 43.4 Å². The Bertz CT molecular complexity index is 498. The van der Waals surface area contributed by atoms with Gasteiger partial charge in [-0.3, -0.25) is 4.79 Å². The number of rotatable bonds is 9. The van der Waals surface area contributed by atoms with Crippen molar-refractivity contribution < 1.29 is 18.3 Å². The molecule has 138 valence electrons. The molecular weight excluding hydrogens is 338 g/mol. The molecule has 7 heteroatoms. The lowest BCUT2D eigenvalue weighted by Crippen LogP contribution is -2.52. The van der Waals surface area contributed by atoms with E-state index >= 15 is 0 Å². The molecule has 1 unspecified atom stereocenters. The molecule has 0 aliphatic heterocycles. The van der Waals surface area contributed by atoms with Crippen LogP contribution in [0.4, 0.5) is 8.78 Å². The van der Waals surface area contributed by atoms with Crippen molar-refractivity contribution in [1.29, 1.82) is 0 Å². The predicted molar refractivity (Wildman–Crippen MR) is 93.7 cm³/mol. The van der Waals surface area contributed by atoms with Crippen molar-refractivity contribution in [1.82, 2.24) is 5.32 Å². The van der Waals surface area contributed by atoms with Gasteiger partial charge in [-0.1, -0.05) is 26.0 Å². The van der Waals surface area contributed by atoms with E-state index < -0.39 is 12.2 Å². The zero-order valence-corrected chi connectivity index (χ0v) is 15.2. The molecule has 1 amide bonds. The Morgan fingerprint density at radius 2 is 1.88 bits per heavy atom. The van der Waals surface area contributed by atoms with E-state index in [1.165, 1.54) is 12.1 Å². The minimum atomic E-state index is -2.83. The van der Waals surface area contributed by atoms with Gasteiger partial charge in [-0.2, -0.15) is 8.78 Å². The lowest BCUT2D eigenvalue weighted by Gasteiger charge is -2.31. The molecular formula is C17H27ClF2N2O2. The average Bonchev–Trinajstić information content (AvgIpc) is 2.45. The second-order valence-corrected chi connectivity index (χ2v) is 6.43. The van der Waals surface area contributed by atoms with Crippen molar-refractivity contribution in [3.63, 3.8) is 0 Å². The third-order valence-electron chi connectivity index (χ3n) is 3.54. The molecule has 1 atom stereocenters. The second-order valence-electron chi connectivity index (χ2n) is 6.43. The van der Waals surface area contributed by atoms with Crippen LogP contribution in [-0.4, -0.2) is 24.6 Å². The van der Waals surface area contributed by atoms with E-state index in [0.717, 1.165) is 12.0 Å². The van der Waals surface area contributed by atoms with Gasteiger partial charge in [-0.15, -0.1) is 12.4 Å². The zero-order chi connectivity index (χ0) is 17.5. The van der Waals surface area contributed by atoms with Crippen LogP contribution in [-0.2, 0) is 11.2 Å². The van der Waals surface area contributed by atoms with Crippen LogP contribution in [0.25, 0.3) is 0 Å². The molecule has 0 radical (unpaired) electrons. The summed E-state index contributed by atoms with van der Waals surface area (Å²) in [6, 6.07) is 6.31. The Morgan fingerprint density at radius 3 is 2.33 bits per heavy atom. The number of amides is 1. The maximum Gasteiger partial charge on any atom is 0.387 e. The minimum Gasteiger partial charge on any atom is -0.435 e. The SMILES string of the molecule is CC(C)CC(C)(CN)NC(=O)CCc1ccc(OC(F)F)cc1.Cl. The van der Waals surface area contributed by atoms with E-state index in [9.17, 15) is 13.6 Å². The van der Waals surface area contributed by atoms with Crippen LogP contribution in [0.5, 0.6) is 5.75 Å². The van der Waals surface area contributed by atoms with Crippen LogP contribution in [0, 0.1) is 5.92 Å². The topological polar surface area (TPSA) is 64.3 Å². The number of hydrogen-bond acceptors (Lipinski definition) is 3. The first-order chi connectivity index (χ1) is 10.7. The van der Waals surface area contributed by atoms with Crippen LogP contribution in [0.1, 0.15) is 39.2 Å². The third-order valence-corrected chi connectivity index (χ3v) is 3.54. The van der Waals surface area contributed by atoms with E-state index in [1.807, 2.05) is 6.92 Å². The summed E-state index contributed by atoms with van der Waals surface area (Å²) < 4.78 is 28.4. The van der Waals surface area contributed by atoms with Crippen LogP contribution < -0.4 is 15.8 Å². The fourth-order valence-corrected chi connectivity index (χ4v) is 2.58. The first-order valence-electron chi connectivity index (χ1n) is 7.79. The Hall–Kier alpha value is -1.40. The molecule has 0 saturated carbocycles. The Kier molecular flexibility index (Phi) is 9.85. The zero-order valence-electron chi connectivity index (χ0n) is 14.4. The third kappa shape index (κ3) is 8.45. The first-order valence-corrected chi connectivity index (χ1v) is 7.79. The van der Waals surface area contributed by atoms with Crippen molar-refractivity contribution >= 4 is 18.3 Å². The van der Waals surface area contributed by atoms with Gasteiger partial charge in [0.05, 0.1) is 0 Å². The van der Waals surface area contributed by atoms with Gasteiger partial charge >= 0.3 is 6.61 Å². The number of hydrogen-bond donors (Lipinski definition) is 2. The van der Waals surface area contributed by atoms with E-state index in [1.54, 1.807) is 12.1 Å².